The van der Waals surface area contributed by atoms with Gasteiger partial charge in [0.05, 0.1) is 11.7 Å². The topological polar surface area (TPSA) is 97.2 Å². The number of benzene rings is 1. The van der Waals surface area contributed by atoms with E-state index in [1.54, 1.807) is 6.20 Å². The molecule has 0 saturated carbocycles. The molecule has 4 atom stereocenters. The van der Waals surface area contributed by atoms with Gasteiger partial charge in [0, 0.05) is 48.6 Å². The average molecular weight is 618 g/mol. The summed E-state index contributed by atoms with van der Waals surface area (Å²) in [5, 5.41) is 0. The highest BCUT2D eigenvalue weighted by Crippen LogP contribution is 2.40. The van der Waals surface area contributed by atoms with Gasteiger partial charge in [0.15, 0.2) is 0 Å². The first kappa shape index (κ1) is 34.6. The molecule has 7 nitrogen and oxygen atoms in total. The number of hydrogen-bond donors (Lipinski definition) is 2. The van der Waals surface area contributed by atoms with E-state index in [9.17, 15) is 4.39 Å². The van der Waals surface area contributed by atoms with Gasteiger partial charge in [0.1, 0.15) is 23.6 Å². The van der Waals surface area contributed by atoms with Crippen LogP contribution >= 0.6 is 0 Å². The van der Waals surface area contributed by atoms with Crippen LogP contribution < -0.4 is 16.4 Å². The van der Waals surface area contributed by atoms with Crippen molar-refractivity contribution >= 4 is 17.3 Å². The van der Waals surface area contributed by atoms with Gasteiger partial charge in [-0.2, -0.15) is 0 Å². The van der Waals surface area contributed by atoms with Crippen molar-refractivity contribution < 1.29 is 4.39 Å². The second-order valence-electron chi connectivity index (χ2n) is 13.0. The molecule has 0 amide bonds. The van der Waals surface area contributed by atoms with Crippen molar-refractivity contribution in [3.8, 4) is 0 Å². The van der Waals surface area contributed by atoms with Gasteiger partial charge in [0.2, 0.25) is 0 Å². The van der Waals surface area contributed by atoms with Crippen LogP contribution in [0.5, 0.6) is 0 Å². The number of nitrogen functional groups attached to an aromatic ring is 2. The summed E-state index contributed by atoms with van der Waals surface area (Å²) >= 11 is 0. The van der Waals surface area contributed by atoms with Crippen molar-refractivity contribution in [3.63, 3.8) is 0 Å². The molecular weight excluding hydrogens is 561 g/mol. The quantitative estimate of drug-likeness (QED) is 0.263. The molecular formula is C37H56FN7. The molecule has 3 aromatic rings. The third kappa shape index (κ3) is 7.76. The van der Waals surface area contributed by atoms with Gasteiger partial charge in [0.25, 0.3) is 0 Å². The number of nitrogens with zero attached hydrogens (tertiary/aromatic N) is 5. The summed E-state index contributed by atoms with van der Waals surface area (Å²) in [6.07, 6.45) is 10.4. The number of hydrogen-bond acceptors (Lipinski definition) is 7. The standard InChI is InChI=1S/C27H36N6.C8H14FN.C2H6/c1-5-8-18-10-12-20(28)16-23(18)19-11-13-22-24(15-19)31-25(6-2)32-27(22)33(4)17(3)21-9-7-14-30-26(21)29;1-8-3-2-4-10(8)6-7(9)5-8;1-2/h7,9-10,12,14,16-17,19H,5-6,8,11,13,15,28H2,1-4H3,(H2,29,30);7H,2-6H2,1H3;1-2H3. The van der Waals surface area contributed by atoms with Gasteiger partial charge in [-0.1, -0.05) is 46.2 Å². The molecule has 246 valence electrons. The highest BCUT2D eigenvalue weighted by atomic mass is 19.1. The van der Waals surface area contributed by atoms with Gasteiger partial charge in [-0.25, -0.2) is 19.3 Å². The largest absolute Gasteiger partial charge is 0.399 e. The third-order valence-corrected chi connectivity index (χ3v) is 9.97. The van der Waals surface area contributed by atoms with Crippen LogP contribution in [0.1, 0.15) is 119 Å². The lowest BCUT2D eigenvalue weighted by Gasteiger charge is -2.33. The van der Waals surface area contributed by atoms with E-state index in [1.165, 1.54) is 35.2 Å². The molecule has 4 unspecified atom stereocenters. The number of alkyl halides is 1. The zero-order valence-corrected chi connectivity index (χ0v) is 28.7. The van der Waals surface area contributed by atoms with Crippen LogP contribution in [0.3, 0.4) is 0 Å². The van der Waals surface area contributed by atoms with Crippen molar-refractivity contribution in [2.45, 2.75) is 123 Å². The van der Waals surface area contributed by atoms with Gasteiger partial charge in [-0.05, 0) is 101 Å². The Hall–Kier alpha value is -3.26. The number of halogens is 1. The second-order valence-corrected chi connectivity index (χ2v) is 13.0. The number of rotatable bonds is 7. The molecule has 8 heteroatoms. The Morgan fingerprint density at radius 2 is 1.93 bits per heavy atom. The zero-order chi connectivity index (χ0) is 32.7. The maximum absolute atomic E-state index is 12.8. The molecule has 0 radical (unpaired) electrons. The maximum atomic E-state index is 12.8. The fourth-order valence-corrected chi connectivity index (χ4v) is 7.43. The summed E-state index contributed by atoms with van der Waals surface area (Å²) in [7, 11) is 2.10. The van der Waals surface area contributed by atoms with Crippen LogP contribution in [0.4, 0.5) is 21.7 Å². The van der Waals surface area contributed by atoms with Crippen molar-refractivity contribution in [3.05, 3.63) is 70.3 Å². The Bertz CT molecular complexity index is 1410. The van der Waals surface area contributed by atoms with Crippen LogP contribution in [0.15, 0.2) is 36.5 Å². The number of nitrogens with two attached hydrogens (primary N) is 2. The Morgan fingerprint density at radius 1 is 1.16 bits per heavy atom. The highest BCUT2D eigenvalue weighted by Gasteiger charge is 2.44. The van der Waals surface area contributed by atoms with E-state index in [4.69, 9.17) is 21.4 Å². The van der Waals surface area contributed by atoms with Crippen molar-refractivity contribution in [2.75, 3.05) is 36.5 Å². The number of fused-ring (bicyclic) bond motifs is 2. The van der Waals surface area contributed by atoms with Gasteiger partial charge >= 0.3 is 0 Å². The minimum atomic E-state index is -0.551. The molecule has 4 heterocycles. The first-order valence-corrected chi connectivity index (χ1v) is 17.2. The fraction of sp³-hybridized carbons (Fsp3) is 0.595. The number of aryl methyl sites for hydroxylation is 2. The molecule has 1 aromatic carbocycles. The first-order valence-electron chi connectivity index (χ1n) is 17.2. The van der Waals surface area contributed by atoms with Gasteiger partial charge in [-0.3, -0.25) is 4.90 Å². The summed E-state index contributed by atoms with van der Waals surface area (Å²) in [5.41, 5.74) is 19.7. The van der Waals surface area contributed by atoms with E-state index in [0.717, 1.165) is 74.4 Å². The predicted molar refractivity (Wildman–Crippen MR) is 187 cm³/mol. The molecule has 2 aromatic heterocycles. The van der Waals surface area contributed by atoms with E-state index >= 15 is 0 Å². The molecule has 0 bridgehead atoms. The summed E-state index contributed by atoms with van der Waals surface area (Å²) in [6, 6.07) is 10.5. The van der Waals surface area contributed by atoms with Crippen LogP contribution in [0, 0.1) is 0 Å². The Kier molecular flexibility index (Phi) is 11.8. The highest BCUT2D eigenvalue weighted by molar-refractivity contribution is 5.55. The van der Waals surface area contributed by atoms with Crippen LogP contribution in [-0.4, -0.2) is 51.7 Å². The molecule has 6 rings (SSSR count). The Balaban J connectivity index is 0.000000320. The van der Waals surface area contributed by atoms with Gasteiger partial charge in [-0.15, -0.1) is 0 Å². The molecule has 0 spiro atoms. The van der Waals surface area contributed by atoms with E-state index in [2.05, 4.69) is 61.7 Å². The predicted octanol–water partition coefficient (Wildman–Crippen LogP) is 7.63. The van der Waals surface area contributed by atoms with E-state index in [-0.39, 0.29) is 11.6 Å². The first-order chi connectivity index (χ1) is 21.6. The minimum Gasteiger partial charge on any atom is -0.399 e. The zero-order valence-electron chi connectivity index (χ0n) is 28.7. The fourth-order valence-electron chi connectivity index (χ4n) is 7.43. The number of anilines is 3. The Morgan fingerprint density at radius 3 is 2.62 bits per heavy atom. The molecule has 4 N–H and O–H groups in total. The summed E-state index contributed by atoms with van der Waals surface area (Å²) in [5.74, 6) is 2.92. The lowest BCUT2D eigenvalue weighted by Crippen LogP contribution is -2.34. The maximum Gasteiger partial charge on any atom is 0.136 e. The van der Waals surface area contributed by atoms with E-state index in [1.807, 2.05) is 32.0 Å². The lowest BCUT2D eigenvalue weighted by molar-refractivity contribution is 0.217. The van der Waals surface area contributed by atoms with Crippen molar-refractivity contribution in [1.82, 2.24) is 19.9 Å². The molecule has 45 heavy (non-hydrogen) atoms. The number of pyridine rings is 1. The molecule has 2 aliphatic heterocycles. The summed E-state index contributed by atoms with van der Waals surface area (Å²) < 4.78 is 12.8. The summed E-state index contributed by atoms with van der Waals surface area (Å²) in [6.45, 7) is 14.5. The van der Waals surface area contributed by atoms with Crippen molar-refractivity contribution in [1.29, 1.82) is 0 Å². The number of aromatic nitrogens is 3. The average Bonchev–Trinajstić information content (AvgIpc) is 3.54. The molecule has 2 fully saturated rings. The molecule has 2 saturated heterocycles. The van der Waals surface area contributed by atoms with E-state index in [0.29, 0.717) is 18.3 Å². The molecule has 1 aliphatic carbocycles. The normalized spacial score (nSPS) is 22.8. The lowest BCUT2D eigenvalue weighted by atomic mass is 9.80. The minimum absolute atomic E-state index is 0.0604. The monoisotopic (exact) mass is 617 g/mol. The van der Waals surface area contributed by atoms with Crippen molar-refractivity contribution in [2.24, 2.45) is 0 Å². The van der Waals surface area contributed by atoms with Crippen LogP contribution in [-0.2, 0) is 25.7 Å². The van der Waals surface area contributed by atoms with Crippen LogP contribution in [0.2, 0.25) is 0 Å². The van der Waals surface area contributed by atoms with Crippen LogP contribution in [0.25, 0.3) is 0 Å². The molecule has 3 aliphatic rings. The van der Waals surface area contributed by atoms with Gasteiger partial charge < -0.3 is 16.4 Å². The smallest absolute Gasteiger partial charge is 0.136 e. The summed E-state index contributed by atoms with van der Waals surface area (Å²) in [4.78, 5) is 18.8. The second kappa shape index (κ2) is 15.4. The Labute approximate surface area is 271 Å². The van der Waals surface area contributed by atoms with E-state index < -0.39 is 6.17 Å². The SMILES string of the molecule is CC.CC12CCCN1CC(F)C2.CCCc1ccc(N)cc1C1CCc2c(nc(CC)nc2N(C)C(C)c2cccnc2N)C1. The third-order valence-electron chi connectivity index (χ3n) is 9.97.